The highest BCUT2D eigenvalue weighted by atomic mass is 16.6. The molecule has 7 nitrogen and oxygen atoms in total. The summed E-state index contributed by atoms with van der Waals surface area (Å²) in [6.07, 6.45) is -0.657. The van der Waals surface area contributed by atoms with Gasteiger partial charge in [-0.1, -0.05) is 32.0 Å². The Balaban J connectivity index is 1.85. The molecule has 158 valence electrons. The van der Waals surface area contributed by atoms with Gasteiger partial charge in [0.1, 0.15) is 17.7 Å². The summed E-state index contributed by atoms with van der Waals surface area (Å²) in [6.45, 7) is 9.47. The van der Waals surface area contributed by atoms with E-state index in [4.69, 9.17) is 4.74 Å². The standard InChI is InChI=1S/C22H30N2O5/c1-13(2)18(24-11-14-8-6-7-9-16(14)19(24)26)20(27)23-12-15(25)10-17(23)21(28)29-22(3,4)5/h6-9,13,15,17-18,25H,10-12H2,1-5H3/t15-,17+,18+/m1/s1. The Hall–Kier alpha value is -2.41. The van der Waals surface area contributed by atoms with Crippen LogP contribution in [0.2, 0.25) is 0 Å². The average Bonchev–Trinajstić information content (AvgIpc) is 3.15. The molecular formula is C22H30N2O5. The number of β-amino-alcohol motifs (C(OH)–C–C–N with tert-alkyl or cyclic N) is 1. The summed E-state index contributed by atoms with van der Waals surface area (Å²) in [5.74, 6) is -1.19. The summed E-state index contributed by atoms with van der Waals surface area (Å²) in [4.78, 5) is 42.1. The fourth-order valence-electron chi connectivity index (χ4n) is 4.10. The van der Waals surface area contributed by atoms with Gasteiger partial charge in [-0.05, 0) is 38.3 Å². The van der Waals surface area contributed by atoms with Crippen LogP contribution >= 0.6 is 0 Å². The normalized spacial score (nSPS) is 22.8. The number of ether oxygens (including phenoxy) is 1. The molecule has 7 heteroatoms. The molecule has 0 radical (unpaired) electrons. The number of aliphatic hydroxyl groups is 1. The van der Waals surface area contributed by atoms with E-state index in [0.29, 0.717) is 12.1 Å². The molecule has 0 aliphatic carbocycles. The molecule has 2 heterocycles. The first kappa shape index (κ1) is 21.3. The molecule has 0 aromatic heterocycles. The smallest absolute Gasteiger partial charge is 0.329 e. The van der Waals surface area contributed by atoms with Crippen LogP contribution < -0.4 is 0 Å². The second kappa shape index (κ2) is 7.78. The van der Waals surface area contributed by atoms with Crippen LogP contribution in [0.1, 0.15) is 57.0 Å². The fraction of sp³-hybridized carbons (Fsp3) is 0.591. The summed E-state index contributed by atoms with van der Waals surface area (Å²) in [5, 5.41) is 10.2. The number of hydrogen-bond acceptors (Lipinski definition) is 5. The van der Waals surface area contributed by atoms with Crippen molar-refractivity contribution in [3.05, 3.63) is 35.4 Å². The molecule has 2 amide bonds. The number of esters is 1. The number of carbonyl (C=O) groups excluding carboxylic acids is 3. The van der Waals surface area contributed by atoms with Crippen molar-refractivity contribution in [3.8, 4) is 0 Å². The van der Waals surface area contributed by atoms with Gasteiger partial charge in [0, 0.05) is 25.1 Å². The Kier molecular flexibility index (Phi) is 5.72. The maximum absolute atomic E-state index is 13.5. The maximum atomic E-state index is 13.5. The molecule has 0 unspecified atom stereocenters. The van der Waals surface area contributed by atoms with Gasteiger partial charge in [-0.3, -0.25) is 9.59 Å². The summed E-state index contributed by atoms with van der Waals surface area (Å²) < 4.78 is 5.46. The number of aliphatic hydroxyl groups excluding tert-OH is 1. The van der Waals surface area contributed by atoms with E-state index in [1.165, 1.54) is 4.90 Å². The van der Waals surface area contributed by atoms with E-state index in [1.807, 2.05) is 32.0 Å². The van der Waals surface area contributed by atoms with Gasteiger partial charge in [0.15, 0.2) is 0 Å². The Bertz CT molecular complexity index is 814. The van der Waals surface area contributed by atoms with E-state index in [9.17, 15) is 19.5 Å². The molecule has 1 aromatic rings. The SMILES string of the molecule is CC(C)[C@@H](C(=O)N1C[C@H](O)C[C@H]1C(=O)OC(C)(C)C)N1Cc2ccccc2C1=O. The van der Waals surface area contributed by atoms with Crippen molar-refractivity contribution in [3.63, 3.8) is 0 Å². The lowest BCUT2D eigenvalue weighted by molar-refractivity contribution is -0.164. The largest absolute Gasteiger partial charge is 0.458 e. The number of rotatable bonds is 4. The molecule has 1 N–H and O–H groups in total. The van der Waals surface area contributed by atoms with Gasteiger partial charge < -0.3 is 19.6 Å². The number of benzene rings is 1. The quantitative estimate of drug-likeness (QED) is 0.778. The third-order valence-corrected chi connectivity index (χ3v) is 5.31. The molecule has 2 aliphatic rings. The summed E-state index contributed by atoms with van der Waals surface area (Å²) in [5.41, 5.74) is 0.806. The number of amides is 2. The Labute approximate surface area is 171 Å². The molecule has 2 aliphatic heterocycles. The van der Waals surface area contributed by atoms with Gasteiger partial charge in [0.2, 0.25) is 5.91 Å². The highest BCUT2D eigenvalue weighted by molar-refractivity contribution is 6.01. The van der Waals surface area contributed by atoms with Crippen LogP contribution in [-0.4, -0.2) is 63.0 Å². The van der Waals surface area contributed by atoms with E-state index >= 15 is 0 Å². The summed E-state index contributed by atoms with van der Waals surface area (Å²) >= 11 is 0. The summed E-state index contributed by atoms with van der Waals surface area (Å²) in [7, 11) is 0. The number of hydrogen-bond donors (Lipinski definition) is 1. The second-order valence-corrected chi connectivity index (χ2v) is 9.21. The van der Waals surface area contributed by atoms with E-state index in [0.717, 1.165) is 5.56 Å². The van der Waals surface area contributed by atoms with Gasteiger partial charge in [0.25, 0.3) is 5.91 Å². The first-order chi connectivity index (χ1) is 13.5. The highest BCUT2D eigenvalue weighted by Crippen LogP contribution is 2.30. The van der Waals surface area contributed by atoms with Crippen LogP contribution in [0.25, 0.3) is 0 Å². The van der Waals surface area contributed by atoms with Crippen molar-refractivity contribution >= 4 is 17.8 Å². The predicted molar refractivity (Wildman–Crippen MR) is 107 cm³/mol. The zero-order valence-electron chi connectivity index (χ0n) is 17.7. The lowest BCUT2D eigenvalue weighted by Gasteiger charge is -2.35. The molecule has 0 bridgehead atoms. The first-order valence-electron chi connectivity index (χ1n) is 10.1. The minimum atomic E-state index is -0.849. The zero-order valence-corrected chi connectivity index (χ0v) is 17.7. The zero-order chi connectivity index (χ0) is 21.5. The number of carbonyl (C=O) groups is 3. The Morgan fingerprint density at radius 2 is 1.86 bits per heavy atom. The molecule has 1 saturated heterocycles. The molecule has 3 atom stereocenters. The van der Waals surface area contributed by atoms with Crippen molar-refractivity contribution in [2.75, 3.05) is 6.54 Å². The van der Waals surface area contributed by atoms with Crippen molar-refractivity contribution in [1.29, 1.82) is 0 Å². The van der Waals surface area contributed by atoms with Crippen LogP contribution in [0.5, 0.6) is 0 Å². The van der Waals surface area contributed by atoms with Crippen molar-refractivity contribution in [1.82, 2.24) is 9.80 Å². The third kappa shape index (κ3) is 4.29. The number of nitrogens with zero attached hydrogens (tertiary/aromatic N) is 2. The monoisotopic (exact) mass is 402 g/mol. The van der Waals surface area contributed by atoms with Crippen LogP contribution in [0.15, 0.2) is 24.3 Å². The summed E-state index contributed by atoms with van der Waals surface area (Å²) in [6, 6.07) is 5.77. The maximum Gasteiger partial charge on any atom is 0.329 e. The van der Waals surface area contributed by atoms with Crippen molar-refractivity contribution in [2.45, 2.75) is 71.4 Å². The lowest BCUT2D eigenvalue weighted by Crippen LogP contribution is -2.54. The number of likely N-dealkylation sites (tertiary alicyclic amines) is 1. The van der Waals surface area contributed by atoms with Gasteiger partial charge in [-0.25, -0.2) is 4.79 Å². The van der Waals surface area contributed by atoms with E-state index < -0.39 is 29.8 Å². The topological polar surface area (TPSA) is 87.2 Å². The number of fused-ring (bicyclic) bond motifs is 1. The van der Waals surface area contributed by atoms with Crippen LogP contribution in [0.3, 0.4) is 0 Å². The lowest BCUT2D eigenvalue weighted by atomic mass is 10.0. The molecule has 0 spiro atoms. The van der Waals surface area contributed by atoms with Crippen molar-refractivity contribution < 1.29 is 24.2 Å². The second-order valence-electron chi connectivity index (χ2n) is 9.21. The molecule has 1 aromatic carbocycles. The predicted octanol–water partition coefficient (Wildman–Crippen LogP) is 1.97. The van der Waals surface area contributed by atoms with Crippen LogP contribution in [0, 0.1) is 5.92 Å². The molecule has 29 heavy (non-hydrogen) atoms. The minimum absolute atomic E-state index is 0.0565. The van der Waals surface area contributed by atoms with Gasteiger partial charge in [0.05, 0.1) is 6.10 Å². The first-order valence-corrected chi connectivity index (χ1v) is 10.1. The molecule has 0 saturated carbocycles. The van der Waals surface area contributed by atoms with E-state index in [1.54, 1.807) is 31.7 Å². The minimum Gasteiger partial charge on any atom is -0.458 e. The Morgan fingerprint density at radius 3 is 2.45 bits per heavy atom. The van der Waals surface area contributed by atoms with Crippen molar-refractivity contribution in [2.24, 2.45) is 5.92 Å². The highest BCUT2D eigenvalue weighted by Gasteiger charge is 2.46. The van der Waals surface area contributed by atoms with Gasteiger partial charge in [-0.2, -0.15) is 0 Å². The van der Waals surface area contributed by atoms with Crippen LogP contribution in [-0.2, 0) is 20.9 Å². The third-order valence-electron chi connectivity index (χ3n) is 5.31. The Morgan fingerprint density at radius 1 is 1.21 bits per heavy atom. The fourth-order valence-corrected chi connectivity index (χ4v) is 4.10. The van der Waals surface area contributed by atoms with E-state index in [-0.39, 0.29) is 30.7 Å². The van der Waals surface area contributed by atoms with Gasteiger partial charge in [-0.15, -0.1) is 0 Å². The van der Waals surface area contributed by atoms with Gasteiger partial charge >= 0.3 is 5.97 Å². The molecule has 3 rings (SSSR count). The molecular weight excluding hydrogens is 372 g/mol. The van der Waals surface area contributed by atoms with E-state index in [2.05, 4.69) is 0 Å². The average molecular weight is 402 g/mol. The molecule has 1 fully saturated rings. The van der Waals surface area contributed by atoms with Crippen LogP contribution in [0.4, 0.5) is 0 Å².